The van der Waals surface area contributed by atoms with E-state index in [0.717, 1.165) is 23.9 Å². The zero-order chi connectivity index (χ0) is 29.4. The molecule has 0 saturated carbocycles. The van der Waals surface area contributed by atoms with Crippen LogP contribution in [0.15, 0.2) is 96.1 Å². The summed E-state index contributed by atoms with van der Waals surface area (Å²) in [5.41, 5.74) is 3.73. The zero-order valence-electron chi connectivity index (χ0n) is 21.0. The van der Waals surface area contributed by atoms with Crippen molar-refractivity contribution in [3.8, 4) is 5.75 Å². The summed E-state index contributed by atoms with van der Waals surface area (Å²) >= 11 is 11.9. The van der Waals surface area contributed by atoms with Crippen LogP contribution in [0.4, 0.5) is 11.4 Å². The van der Waals surface area contributed by atoms with Crippen LogP contribution < -0.4 is 15.5 Å². The highest BCUT2D eigenvalue weighted by Crippen LogP contribution is 2.26. The Morgan fingerprint density at radius 2 is 1.66 bits per heavy atom. The Labute approximate surface area is 243 Å². The van der Waals surface area contributed by atoms with Crippen molar-refractivity contribution in [3.05, 3.63) is 133 Å². The predicted molar refractivity (Wildman–Crippen MR) is 155 cm³/mol. The monoisotopic (exact) mass is 590 g/mol. The summed E-state index contributed by atoms with van der Waals surface area (Å²) in [5, 5.41) is 18.3. The Morgan fingerprint density at radius 1 is 0.927 bits per heavy atom. The number of hydrogen-bond donors (Lipinski definition) is 2. The van der Waals surface area contributed by atoms with Crippen molar-refractivity contribution >= 4 is 58.6 Å². The molecule has 4 aromatic carbocycles. The van der Waals surface area contributed by atoms with Crippen molar-refractivity contribution in [2.24, 2.45) is 5.10 Å². The lowest BCUT2D eigenvalue weighted by atomic mass is 10.1. The van der Waals surface area contributed by atoms with E-state index in [1.165, 1.54) is 36.4 Å². The number of anilines is 1. The summed E-state index contributed by atoms with van der Waals surface area (Å²) in [6.45, 7) is 0. The maximum absolute atomic E-state index is 12.6. The fraction of sp³-hybridized carbons (Fsp3) is 0.0345. The molecule has 2 N–H and O–H groups in total. The third-order valence-corrected chi connectivity index (χ3v) is 6.11. The third kappa shape index (κ3) is 7.98. The number of ether oxygens (including phenoxy) is 1. The van der Waals surface area contributed by atoms with E-state index >= 15 is 0 Å². The molecule has 0 aromatic heterocycles. The molecule has 0 radical (unpaired) electrons. The number of nitro benzene ring substituents is 1. The molecule has 0 bridgehead atoms. The standard InChI is InChI=1S/C29H20Cl2N4O6/c30-21-8-12-24(25(31)16-21)29(38)41-26-13-11-23(35(39)40)15-20(26)17-32-34-28(37)19-6-9-22(10-7-19)33-27(36)14-18-4-2-1-3-5-18/h1-13,15-17H,14H2,(H,33,36)(H,34,37)/b32-17+. The number of rotatable bonds is 9. The van der Waals surface area contributed by atoms with Crippen molar-refractivity contribution in [3.63, 3.8) is 0 Å². The minimum absolute atomic E-state index is 0.0327. The van der Waals surface area contributed by atoms with Crippen LogP contribution in [0.5, 0.6) is 5.75 Å². The van der Waals surface area contributed by atoms with Crippen LogP contribution in [0.1, 0.15) is 31.8 Å². The zero-order valence-corrected chi connectivity index (χ0v) is 22.6. The summed E-state index contributed by atoms with van der Waals surface area (Å²) in [5.74, 6) is -1.67. The number of carbonyl (C=O) groups is 3. The van der Waals surface area contributed by atoms with E-state index in [9.17, 15) is 24.5 Å². The number of hydrogen-bond acceptors (Lipinski definition) is 7. The van der Waals surface area contributed by atoms with Gasteiger partial charge in [-0.25, -0.2) is 10.2 Å². The first-order valence-electron chi connectivity index (χ1n) is 11.9. The predicted octanol–water partition coefficient (Wildman–Crippen LogP) is 6.07. The quantitative estimate of drug-likeness (QED) is 0.0797. The van der Waals surface area contributed by atoms with Gasteiger partial charge in [0, 0.05) is 34.0 Å². The number of esters is 1. The molecule has 2 amide bonds. The number of nitrogens with zero attached hydrogens (tertiary/aromatic N) is 2. The van der Waals surface area contributed by atoms with E-state index in [2.05, 4.69) is 15.8 Å². The number of halogens is 2. The first-order valence-corrected chi connectivity index (χ1v) is 12.7. The smallest absolute Gasteiger partial charge is 0.345 e. The summed E-state index contributed by atoms with van der Waals surface area (Å²) in [6.07, 6.45) is 1.31. The maximum Gasteiger partial charge on any atom is 0.345 e. The molecule has 0 saturated heterocycles. The molecule has 206 valence electrons. The van der Waals surface area contributed by atoms with Crippen LogP contribution in [0, 0.1) is 10.1 Å². The van der Waals surface area contributed by atoms with Crippen molar-refractivity contribution in [1.29, 1.82) is 0 Å². The summed E-state index contributed by atoms with van der Waals surface area (Å²) in [6, 6.07) is 23.1. The highest BCUT2D eigenvalue weighted by molar-refractivity contribution is 6.36. The van der Waals surface area contributed by atoms with E-state index in [1.807, 2.05) is 30.3 Å². The minimum atomic E-state index is -0.824. The number of carbonyl (C=O) groups excluding carboxylic acids is 3. The molecule has 0 aliphatic carbocycles. The molecule has 0 atom stereocenters. The Balaban J connectivity index is 1.42. The largest absolute Gasteiger partial charge is 0.422 e. The highest BCUT2D eigenvalue weighted by Gasteiger charge is 2.17. The van der Waals surface area contributed by atoms with Gasteiger partial charge in [0.1, 0.15) is 5.75 Å². The van der Waals surface area contributed by atoms with Gasteiger partial charge in [-0.3, -0.25) is 19.7 Å². The Bertz CT molecular complexity index is 1640. The van der Waals surface area contributed by atoms with Crippen LogP contribution in [-0.2, 0) is 11.2 Å². The second-order valence-corrected chi connectivity index (χ2v) is 9.32. The molecule has 0 heterocycles. The van der Waals surface area contributed by atoms with Gasteiger partial charge in [-0.15, -0.1) is 0 Å². The number of non-ortho nitro benzene ring substituents is 1. The number of hydrazone groups is 1. The first-order chi connectivity index (χ1) is 19.7. The Kier molecular flexibility index (Phi) is 9.41. The summed E-state index contributed by atoms with van der Waals surface area (Å²) < 4.78 is 5.38. The van der Waals surface area contributed by atoms with Gasteiger partial charge in [0.25, 0.3) is 11.6 Å². The summed E-state index contributed by atoms with van der Waals surface area (Å²) in [7, 11) is 0. The number of benzene rings is 4. The van der Waals surface area contributed by atoms with Crippen LogP contribution >= 0.6 is 23.2 Å². The first kappa shape index (κ1) is 28.9. The van der Waals surface area contributed by atoms with Crippen molar-refractivity contribution in [2.75, 3.05) is 5.32 Å². The van der Waals surface area contributed by atoms with Gasteiger partial charge in [-0.05, 0) is 54.1 Å². The van der Waals surface area contributed by atoms with E-state index < -0.39 is 16.8 Å². The molecular weight excluding hydrogens is 571 g/mol. The lowest BCUT2D eigenvalue weighted by Crippen LogP contribution is -2.18. The van der Waals surface area contributed by atoms with Crippen molar-refractivity contribution in [1.82, 2.24) is 5.43 Å². The molecule has 0 aliphatic rings. The number of nitrogens with one attached hydrogen (secondary N) is 2. The van der Waals surface area contributed by atoms with Gasteiger partial charge in [-0.1, -0.05) is 53.5 Å². The van der Waals surface area contributed by atoms with Crippen LogP contribution in [0.25, 0.3) is 0 Å². The Hall–Kier alpha value is -5.06. The topological polar surface area (TPSA) is 140 Å². The molecule has 41 heavy (non-hydrogen) atoms. The number of amides is 2. The molecule has 4 aromatic rings. The maximum atomic E-state index is 12.6. The van der Waals surface area contributed by atoms with Gasteiger partial charge < -0.3 is 10.1 Å². The van der Waals surface area contributed by atoms with E-state index in [4.69, 9.17) is 27.9 Å². The SMILES string of the molecule is O=C(Cc1ccccc1)Nc1ccc(C(=O)N/N=C/c2cc([N+](=O)[O-])ccc2OC(=O)c2ccc(Cl)cc2Cl)cc1. The van der Waals surface area contributed by atoms with E-state index in [-0.39, 0.29) is 45.5 Å². The van der Waals surface area contributed by atoms with Gasteiger partial charge in [0.2, 0.25) is 5.91 Å². The van der Waals surface area contributed by atoms with Crippen molar-refractivity contribution in [2.45, 2.75) is 6.42 Å². The van der Waals surface area contributed by atoms with Gasteiger partial charge in [-0.2, -0.15) is 5.10 Å². The lowest BCUT2D eigenvalue weighted by molar-refractivity contribution is -0.384. The van der Waals surface area contributed by atoms with Gasteiger partial charge in [0.15, 0.2) is 0 Å². The lowest BCUT2D eigenvalue weighted by Gasteiger charge is -2.09. The van der Waals surface area contributed by atoms with Crippen LogP contribution in [0.3, 0.4) is 0 Å². The molecule has 4 rings (SSSR count). The van der Waals surface area contributed by atoms with Crippen LogP contribution in [-0.4, -0.2) is 28.9 Å². The molecule has 0 fully saturated rings. The van der Waals surface area contributed by atoms with Crippen LogP contribution in [0.2, 0.25) is 10.0 Å². The second kappa shape index (κ2) is 13.3. The molecule has 0 aliphatic heterocycles. The molecule has 0 unspecified atom stereocenters. The fourth-order valence-electron chi connectivity index (χ4n) is 3.57. The average molecular weight is 591 g/mol. The highest BCUT2D eigenvalue weighted by atomic mass is 35.5. The molecule has 0 spiro atoms. The minimum Gasteiger partial charge on any atom is -0.422 e. The number of nitro groups is 1. The Morgan fingerprint density at radius 3 is 2.34 bits per heavy atom. The van der Waals surface area contributed by atoms with Crippen molar-refractivity contribution < 1.29 is 24.0 Å². The fourth-order valence-corrected chi connectivity index (χ4v) is 4.06. The molecule has 12 heteroatoms. The third-order valence-electron chi connectivity index (χ3n) is 5.57. The average Bonchev–Trinajstić information content (AvgIpc) is 2.94. The second-order valence-electron chi connectivity index (χ2n) is 8.48. The molecular formula is C29H20Cl2N4O6. The van der Waals surface area contributed by atoms with Gasteiger partial charge in [0.05, 0.1) is 28.1 Å². The molecule has 10 nitrogen and oxygen atoms in total. The van der Waals surface area contributed by atoms with E-state index in [1.54, 1.807) is 12.1 Å². The summed E-state index contributed by atoms with van der Waals surface area (Å²) in [4.78, 5) is 48.1. The van der Waals surface area contributed by atoms with Gasteiger partial charge >= 0.3 is 5.97 Å². The normalized spacial score (nSPS) is 10.7. The van der Waals surface area contributed by atoms with E-state index in [0.29, 0.717) is 10.7 Å².